The monoisotopic (exact) mass is 462 g/mol. The Morgan fingerprint density at radius 1 is 1.00 bits per heavy atom. The van der Waals surface area contributed by atoms with Crippen molar-refractivity contribution < 1.29 is 14.3 Å². The predicted molar refractivity (Wildman–Crippen MR) is 129 cm³/mol. The number of hydrogen-bond acceptors (Lipinski definition) is 6. The summed E-state index contributed by atoms with van der Waals surface area (Å²) in [5.74, 6) is -0.149. The van der Waals surface area contributed by atoms with Crippen molar-refractivity contribution in [3.05, 3.63) is 76.3 Å². The van der Waals surface area contributed by atoms with E-state index in [1.54, 1.807) is 37.1 Å². The molecule has 0 saturated carbocycles. The maximum Gasteiger partial charge on any atom is 0.307 e. The lowest BCUT2D eigenvalue weighted by Crippen LogP contribution is -2.51. The number of benzene rings is 2. The Labute approximate surface area is 198 Å². The summed E-state index contributed by atoms with van der Waals surface area (Å²) >= 11 is 0. The van der Waals surface area contributed by atoms with Crippen LogP contribution in [0.2, 0.25) is 0 Å². The molecule has 4 rings (SSSR count). The molecular formula is C26H30N4O4. The van der Waals surface area contributed by atoms with Crippen LogP contribution in [0.25, 0.3) is 10.9 Å². The third-order valence-corrected chi connectivity index (χ3v) is 6.22. The van der Waals surface area contributed by atoms with Gasteiger partial charge in [-0.3, -0.25) is 23.9 Å². The van der Waals surface area contributed by atoms with Gasteiger partial charge in [-0.05, 0) is 24.6 Å². The third-order valence-electron chi connectivity index (χ3n) is 6.22. The number of carbonyl (C=O) groups is 2. The van der Waals surface area contributed by atoms with Crippen LogP contribution in [-0.4, -0.2) is 63.5 Å². The van der Waals surface area contributed by atoms with E-state index in [9.17, 15) is 14.4 Å². The van der Waals surface area contributed by atoms with Gasteiger partial charge in [-0.15, -0.1) is 0 Å². The van der Waals surface area contributed by atoms with Crippen molar-refractivity contribution in [2.75, 3.05) is 26.2 Å². The number of ether oxygens (including phenoxy) is 1. The highest BCUT2D eigenvalue weighted by atomic mass is 16.5. The van der Waals surface area contributed by atoms with Crippen LogP contribution in [0.4, 0.5) is 0 Å². The molecule has 0 bridgehead atoms. The highest BCUT2D eigenvalue weighted by molar-refractivity contribution is 5.83. The third kappa shape index (κ3) is 5.51. The molecule has 2 heterocycles. The summed E-state index contributed by atoms with van der Waals surface area (Å²) in [7, 11) is 1.64. The molecule has 0 aliphatic carbocycles. The zero-order valence-corrected chi connectivity index (χ0v) is 19.6. The second-order valence-electron chi connectivity index (χ2n) is 8.63. The number of para-hydroxylation sites is 1. The number of aromatic nitrogens is 2. The van der Waals surface area contributed by atoms with Crippen LogP contribution in [-0.2, 0) is 34.3 Å². The van der Waals surface area contributed by atoms with Crippen LogP contribution in [0.1, 0.15) is 24.7 Å². The smallest absolute Gasteiger partial charge is 0.307 e. The number of esters is 1. The molecule has 1 amide bonds. The van der Waals surface area contributed by atoms with Gasteiger partial charge < -0.3 is 9.64 Å². The van der Waals surface area contributed by atoms with Crippen molar-refractivity contribution in [2.45, 2.75) is 32.4 Å². The first-order valence-corrected chi connectivity index (χ1v) is 11.6. The molecule has 0 radical (unpaired) electrons. The fraction of sp³-hybridized carbons (Fsp3) is 0.385. The summed E-state index contributed by atoms with van der Waals surface area (Å²) in [6, 6.07) is 17.4. The molecule has 1 aromatic heterocycles. The maximum atomic E-state index is 12.8. The van der Waals surface area contributed by atoms with Crippen LogP contribution < -0.4 is 5.56 Å². The number of fused-ring (bicyclic) bond motifs is 1. The molecule has 1 saturated heterocycles. The van der Waals surface area contributed by atoms with Crippen molar-refractivity contribution in [1.82, 2.24) is 19.4 Å². The Balaban J connectivity index is 1.26. The van der Waals surface area contributed by atoms with Crippen LogP contribution >= 0.6 is 0 Å². The summed E-state index contributed by atoms with van der Waals surface area (Å²) in [6.45, 7) is 5.25. The standard InChI is InChI=1S/C26H30N4O4/c1-19(25(32)30-16-14-29(15-17-30)18-20-8-4-3-5-9-20)34-24(31)13-12-23-27-22-11-7-6-10-21(22)26(33)28(23)2/h3-11,19H,12-18H2,1-2H3. The highest BCUT2D eigenvalue weighted by Crippen LogP contribution is 2.12. The minimum atomic E-state index is -0.846. The first-order chi connectivity index (χ1) is 16.4. The van der Waals surface area contributed by atoms with Gasteiger partial charge in [-0.2, -0.15) is 0 Å². The fourth-order valence-corrected chi connectivity index (χ4v) is 4.23. The van der Waals surface area contributed by atoms with Gasteiger partial charge in [0.1, 0.15) is 5.82 Å². The summed E-state index contributed by atoms with van der Waals surface area (Å²) in [5, 5.41) is 0.541. The first kappa shape index (κ1) is 23.6. The minimum Gasteiger partial charge on any atom is -0.453 e. The number of nitrogens with zero attached hydrogens (tertiary/aromatic N) is 4. The Morgan fingerprint density at radius 2 is 1.68 bits per heavy atom. The van der Waals surface area contributed by atoms with E-state index < -0.39 is 12.1 Å². The number of amides is 1. The number of aryl methyl sites for hydroxylation is 1. The summed E-state index contributed by atoms with van der Waals surface area (Å²) < 4.78 is 6.87. The Morgan fingerprint density at radius 3 is 2.41 bits per heavy atom. The lowest BCUT2D eigenvalue weighted by atomic mass is 10.2. The van der Waals surface area contributed by atoms with Gasteiger partial charge in [0.15, 0.2) is 6.10 Å². The average molecular weight is 463 g/mol. The summed E-state index contributed by atoms with van der Waals surface area (Å²) in [6.07, 6.45) is -0.545. The normalized spacial score (nSPS) is 15.3. The first-order valence-electron chi connectivity index (χ1n) is 11.6. The Bertz CT molecular complexity index is 1220. The van der Waals surface area contributed by atoms with E-state index in [0.717, 1.165) is 19.6 Å². The van der Waals surface area contributed by atoms with Crippen molar-refractivity contribution in [1.29, 1.82) is 0 Å². The number of rotatable bonds is 7. The van der Waals surface area contributed by atoms with Crippen molar-refractivity contribution >= 4 is 22.8 Å². The van der Waals surface area contributed by atoms with E-state index in [1.165, 1.54) is 10.1 Å². The van der Waals surface area contributed by atoms with Gasteiger partial charge in [-0.1, -0.05) is 42.5 Å². The van der Waals surface area contributed by atoms with E-state index >= 15 is 0 Å². The molecule has 1 aliphatic heterocycles. The van der Waals surface area contributed by atoms with E-state index in [2.05, 4.69) is 22.0 Å². The second kappa shape index (κ2) is 10.6. The molecular weight excluding hydrogens is 432 g/mol. The fourth-order valence-electron chi connectivity index (χ4n) is 4.23. The number of piperazine rings is 1. The molecule has 8 nitrogen and oxygen atoms in total. The predicted octanol–water partition coefficient (Wildman–Crippen LogP) is 2.14. The molecule has 178 valence electrons. The molecule has 34 heavy (non-hydrogen) atoms. The lowest BCUT2D eigenvalue weighted by Gasteiger charge is -2.35. The van der Waals surface area contributed by atoms with E-state index in [0.29, 0.717) is 29.8 Å². The second-order valence-corrected chi connectivity index (χ2v) is 8.63. The van der Waals surface area contributed by atoms with E-state index in [-0.39, 0.29) is 24.3 Å². The van der Waals surface area contributed by atoms with Gasteiger partial charge in [0, 0.05) is 46.2 Å². The van der Waals surface area contributed by atoms with Crippen LogP contribution in [0.3, 0.4) is 0 Å². The van der Waals surface area contributed by atoms with Crippen molar-refractivity contribution in [2.24, 2.45) is 7.05 Å². The molecule has 8 heteroatoms. The van der Waals surface area contributed by atoms with Gasteiger partial charge in [0.2, 0.25) is 0 Å². The highest BCUT2D eigenvalue weighted by Gasteiger charge is 2.27. The summed E-state index contributed by atoms with van der Waals surface area (Å²) in [5.41, 5.74) is 1.70. The molecule has 1 aliphatic rings. The molecule has 1 unspecified atom stereocenters. The zero-order valence-electron chi connectivity index (χ0n) is 19.6. The maximum absolute atomic E-state index is 12.8. The molecule has 0 N–H and O–H groups in total. The molecule has 0 spiro atoms. The van der Waals surface area contributed by atoms with Crippen molar-refractivity contribution in [3.8, 4) is 0 Å². The van der Waals surface area contributed by atoms with Gasteiger partial charge in [0.25, 0.3) is 11.5 Å². The molecule has 3 aromatic rings. The quantitative estimate of drug-likeness (QED) is 0.500. The number of carbonyl (C=O) groups excluding carboxylic acids is 2. The van der Waals surface area contributed by atoms with E-state index in [1.807, 2.05) is 24.3 Å². The molecule has 1 atom stereocenters. The van der Waals surface area contributed by atoms with Crippen LogP contribution in [0.5, 0.6) is 0 Å². The number of hydrogen-bond donors (Lipinski definition) is 0. The summed E-state index contributed by atoms with van der Waals surface area (Å²) in [4.78, 5) is 46.3. The van der Waals surface area contributed by atoms with Gasteiger partial charge in [0.05, 0.1) is 17.3 Å². The average Bonchev–Trinajstić information content (AvgIpc) is 2.86. The minimum absolute atomic E-state index is 0.0428. The van der Waals surface area contributed by atoms with Crippen molar-refractivity contribution in [3.63, 3.8) is 0 Å². The molecule has 1 fully saturated rings. The van der Waals surface area contributed by atoms with Gasteiger partial charge in [-0.25, -0.2) is 4.98 Å². The SMILES string of the molecule is CC(OC(=O)CCc1nc2ccccc2c(=O)n1C)C(=O)N1CCN(Cc2ccccc2)CC1. The topological polar surface area (TPSA) is 84.7 Å². The lowest BCUT2D eigenvalue weighted by molar-refractivity contribution is -0.160. The van der Waals surface area contributed by atoms with Crippen LogP contribution in [0.15, 0.2) is 59.4 Å². The zero-order chi connectivity index (χ0) is 24.1. The Hall–Kier alpha value is -3.52. The van der Waals surface area contributed by atoms with Crippen LogP contribution in [0, 0.1) is 0 Å². The Kier molecular flexibility index (Phi) is 7.37. The largest absolute Gasteiger partial charge is 0.453 e. The van der Waals surface area contributed by atoms with Gasteiger partial charge >= 0.3 is 5.97 Å². The molecule has 2 aromatic carbocycles. The van der Waals surface area contributed by atoms with E-state index in [4.69, 9.17) is 4.74 Å².